The number of methoxy groups -OCH3 is 1. The highest BCUT2D eigenvalue weighted by atomic mass is 35.5. The summed E-state index contributed by atoms with van der Waals surface area (Å²) in [5, 5.41) is 0.918. The Morgan fingerprint density at radius 2 is 1.86 bits per heavy atom. The summed E-state index contributed by atoms with van der Waals surface area (Å²) in [6.07, 6.45) is 7.91. The molecule has 7 atom stereocenters. The number of hydrogen-bond donors (Lipinski definition) is 2. The molecule has 2 N–H and O–H groups in total. The summed E-state index contributed by atoms with van der Waals surface area (Å²) < 4.78 is 37.8. The third kappa shape index (κ3) is 5.22. The molecule has 0 amide bonds. The number of halogens is 2. The number of nitrogens with zero attached hydrogens (tertiary/aromatic N) is 3. The summed E-state index contributed by atoms with van der Waals surface area (Å²) in [5.74, 6) is 0.673. The molecule has 0 spiro atoms. The summed E-state index contributed by atoms with van der Waals surface area (Å²) in [7, 11) is -1.77. The van der Waals surface area contributed by atoms with Crippen molar-refractivity contribution < 1.29 is 17.9 Å². The maximum Gasteiger partial charge on any atom is 0.179 e. The van der Waals surface area contributed by atoms with E-state index in [9.17, 15) is 8.42 Å². The second-order valence-corrected chi connectivity index (χ2v) is 13.1. The third-order valence-corrected chi connectivity index (χ3v) is 9.66. The fraction of sp³-hybridized carbons (Fsp3) is 0.600. The van der Waals surface area contributed by atoms with Crippen LogP contribution in [0.2, 0.25) is 10.0 Å². The number of anilines is 1. The van der Waals surface area contributed by atoms with E-state index in [4.69, 9.17) is 32.7 Å². The maximum atomic E-state index is 12.7. The van der Waals surface area contributed by atoms with Gasteiger partial charge in [-0.25, -0.2) is 18.8 Å². The molecule has 202 valence electrons. The number of fused-ring (bicyclic) bond motifs is 1. The molecule has 2 saturated heterocycles. The summed E-state index contributed by atoms with van der Waals surface area (Å²) >= 11 is 12.8. The molecular formula is C25H33Cl2N5O4S. The van der Waals surface area contributed by atoms with E-state index in [2.05, 4.69) is 27.7 Å². The van der Waals surface area contributed by atoms with E-state index in [-0.39, 0.29) is 47.3 Å². The highest BCUT2D eigenvalue weighted by Gasteiger charge is 2.46. The van der Waals surface area contributed by atoms with Gasteiger partial charge in [0.25, 0.3) is 0 Å². The van der Waals surface area contributed by atoms with Crippen molar-refractivity contribution in [2.75, 3.05) is 24.8 Å². The lowest BCUT2D eigenvalue weighted by Gasteiger charge is -2.41. The predicted octanol–water partition coefficient (Wildman–Crippen LogP) is 3.87. The van der Waals surface area contributed by atoms with Crippen LogP contribution in [0.1, 0.15) is 56.4 Å². The summed E-state index contributed by atoms with van der Waals surface area (Å²) in [6.45, 7) is 4.82. The van der Waals surface area contributed by atoms with Crippen LogP contribution in [0.25, 0.3) is 0 Å². The van der Waals surface area contributed by atoms with Crippen LogP contribution in [0.3, 0.4) is 0 Å². The average molecular weight is 571 g/mol. The first-order chi connectivity index (χ1) is 17.6. The molecule has 3 fully saturated rings. The van der Waals surface area contributed by atoms with Gasteiger partial charge in [0.2, 0.25) is 0 Å². The minimum atomic E-state index is -3.46. The van der Waals surface area contributed by atoms with Crippen LogP contribution in [0.15, 0.2) is 29.6 Å². The molecule has 2 aliphatic heterocycles. The fourth-order valence-electron chi connectivity index (χ4n) is 5.80. The summed E-state index contributed by atoms with van der Waals surface area (Å²) in [4.78, 5) is 11.0. The Morgan fingerprint density at radius 1 is 1.14 bits per heavy atom. The van der Waals surface area contributed by atoms with Crippen LogP contribution < -0.4 is 15.8 Å². The van der Waals surface area contributed by atoms with Crippen LogP contribution in [-0.4, -0.2) is 62.6 Å². The van der Waals surface area contributed by atoms with E-state index in [1.54, 1.807) is 31.8 Å². The molecule has 0 radical (unpaired) electrons. The van der Waals surface area contributed by atoms with Gasteiger partial charge in [0.05, 0.1) is 34.4 Å². The van der Waals surface area contributed by atoms with E-state index in [0.717, 1.165) is 24.9 Å². The molecule has 5 unspecified atom stereocenters. The van der Waals surface area contributed by atoms with E-state index in [1.165, 1.54) is 6.26 Å². The Balaban J connectivity index is 1.40. The Labute approximate surface area is 228 Å². The van der Waals surface area contributed by atoms with Crippen molar-refractivity contribution >= 4 is 38.9 Å². The Morgan fingerprint density at radius 3 is 2.46 bits per heavy atom. The van der Waals surface area contributed by atoms with Gasteiger partial charge in [-0.15, -0.1) is 0 Å². The number of hydrazine groups is 1. The SMILES string of the molecule is COC1CC2NNC(c3cnc(N4CC[C@@H]4C)c(S(C)(=O)=O)c3)C2CC1O[C@H](C)c1c(Cl)cncc1Cl. The predicted molar refractivity (Wildman–Crippen MR) is 143 cm³/mol. The van der Waals surface area contributed by atoms with Crippen molar-refractivity contribution in [1.29, 1.82) is 0 Å². The molecule has 2 aromatic rings. The third-order valence-electron chi connectivity index (χ3n) is 7.96. The monoisotopic (exact) mass is 569 g/mol. The quantitative estimate of drug-likeness (QED) is 0.513. The molecule has 0 bridgehead atoms. The number of rotatable bonds is 7. The van der Waals surface area contributed by atoms with Crippen molar-refractivity contribution in [2.24, 2.45) is 5.92 Å². The minimum Gasteiger partial charge on any atom is -0.379 e. The zero-order chi connectivity index (χ0) is 26.5. The molecule has 4 heterocycles. The van der Waals surface area contributed by atoms with Crippen molar-refractivity contribution in [1.82, 2.24) is 20.8 Å². The number of pyridine rings is 2. The largest absolute Gasteiger partial charge is 0.379 e. The molecule has 9 nitrogen and oxygen atoms in total. The molecule has 1 saturated carbocycles. The topological polar surface area (TPSA) is 106 Å². The second kappa shape index (κ2) is 10.6. The number of nitrogens with one attached hydrogen (secondary N) is 2. The fourth-order valence-corrected chi connectivity index (χ4v) is 7.33. The van der Waals surface area contributed by atoms with Gasteiger partial charge in [-0.3, -0.25) is 10.4 Å². The Bertz CT molecular complexity index is 1250. The van der Waals surface area contributed by atoms with Gasteiger partial charge in [-0.1, -0.05) is 23.2 Å². The summed E-state index contributed by atoms with van der Waals surface area (Å²) in [6, 6.07) is 2.06. The zero-order valence-corrected chi connectivity index (χ0v) is 23.6. The van der Waals surface area contributed by atoms with Gasteiger partial charge in [0.15, 0.2) is 9.84 Å². The van der Waals surface area contributed by atoms with Gasteiger partial charge in [-0.2, -0.15) is 0 Å². The molecule has 12 heteroatoms. The standard InChI is InChI=1S/C25H33Cl2N5O4S/c1-13-5-6-32(13)25-22(37(4,33)34)7-15(10-29-25)24-16-8-21(20(35-3)9-19(16)30-31-24)36-14(2)23-17(26)11-28-12-18(23)27/h7,10-14,16,19-21,24,30-31H,5-6,8-9H2,1-4H3/t13-,14+,16?,19?,20?,21?,24?/m0/s1. The van der Waals surface area contributed by atoms with Crippen LogP contribution >= 0.6 is 23.2 Å². The van der Waals surface area contributed by atoms with Crippen molar-refractivity contribution in [3.8, 4) is 0 Å². The van der Waals surface area contributed by atoms with Gasteiger partial charge in [0.1, 0.15) is 10.7 Å². The van der Waals surface area contributed by atoms with Crippen LogP contribution in [-0.2, 0) is 19.3 Å². The number of sulfone groups is 1. The molecule has 5 rings (SSSR count). The smallest absolute Gasteiger partial charge is 0.179 e. The Hall–Kier alpha value is -1.53. The first-order valence-corrected chi connectivity index (χ1v) is 15.2. The molecule has 3 aliphatic rings. The first kappa shape index (κ1) is 27.1. The lowest BCUT2D eigenvalue weighted by atomic mass is 9.77. The molecular weight excluding hydrogens is 537 g/mol. The van der Waals surface area contributed by atoms with Crippen molar-refractivity contribution in [2.45, 2.75) is 74.4 Å². The normalized spacial score (nSPS) is 30.6. The van der Waals surface area contributed by atoms with E-state index in [0.29, 0.717) is 27.8 Å². The van der Waals surface area contributed by atoms with Gasteiger partial charge in [0, 0.05) is 56.1 Å². The second-order valence-electron chi connectivity index (χ2n) is 10.3. The molecule has 1 aliphatic carbocycles. The van der Waals surface area contributed by atoms with Crippen LogP contribution in [0.5, 0.6) is 0 Å². The van der Waals surface area contributed by atoms with Gasteiger partial charge < -0.3 is 14.4 Å². The van der Waals surface area contributed by atoms with Gasteiger partial charge in [-0.05, 0) is 50.7 Å². The average Bonchev–Trinajstić information content (AvgIpc) is 3.24. The lowest BCUT2D eigenvalue weighted by molar-refractivity contribution is -0.117. The number of ether oxygens (including phenoxy) is 2. The number of aromatic nitrogens is 2. The van der Waals surface area contributed by atoms with Crippen LogP contribution in [0.4, 0.5) is 5.82 Å². The highest BCUT2D eigenvalue weighted by Crippen LogP contribution is 2.43. The van der Waals surface area contributed by atoms with E-state index < -0.39 is 9.84 Å². The van der Waals surface area contributed by atoms with E-state index in [1.807, 2.05) is 11.8 Å². The molecule has 2 aromatic heterocycles. The van der Waals surface area contributed by atoms with E-state index >= 15 is 0 Å². The van der Waals surface area contributed by atoms with Crippen molar-refractivity contribution in [3.63, 3.8) is 0 Å². The molecule has 0 aromatic carbocycles. The van der Waals surface area contributed by atoms with Crippen LogP contribution in [0, 0.1) is 5.92 Å². The summed E-state index contributed by atoms with van der Waals surface area (Å²) in [5.41, 5.74) is 8.32. The lowest BCUT2D eigenvalue weighted by Crippen LogP contribution is -2.47. The molecule has 37 heavy (non-hydrogen) atoms. The minimum absolute atomic E-state index is 0.129. The highest BCUT2D eigenvalue weighted by molar-refractivity contribution is 7.90. The number of hydrogen-bond acceptors (Lipinski definition) is 9. The first-order valence-electron chi connectivity index (χ1n) is 12.5. The maximum absolute atomic E-state index is 12.7. The zero-order valence-electron chi connectivity index (χ0n) is 21.3. The Kier molecular flexibility index (Phi) is 7.72. The van der Waals surface area contributed by atoms with Crippen molar-refractivity contribution in [3.05, 3.63) is 45.8 Å². The van der Waals surface area contributed by atoms with Gasteiger partial charge >= 0.3 is 0 Å².